The molecule has 1 heterocycles. The number of nitrogens with one attached hydrogen (secondary N) is 3. The van der Waals surface area contributed by atoms with Gasteiger partial charge in [0.1, 0.15) is 0 Å². The van der Waals surface area contributed by atoms with Crippen LogP contribution in [0, 0.1) is 0 Å². The second-order valence-corrected chi connectivity index (χ2v) is 8.79. The zero-order valence-electron chi connectivity index (χ0n) is 15.6. The molecular formula is C19H22N4O4S. The SMILES string of the molecule is CN(C)S(=O)(=O)c1ccc(C(=O)Nc2ccccc2C2CCC(=O)NN2)cc1. The zero-order chi connectivity index (χ0) is 20.3. The van der Waals surface area contributed by atoms with E-state index in [1.807, 2.05) is 18.2 Å². The molecule has 148 valence electrons. The first kappa shape index (κ1) is 20.0. The lowest BCUT2D eigenvalue weighted by Crippen LogP contribution is -2.44. The van der Waals surface area contributed by atoms with Crippen molar-refractivity contribution in [3.05, 3.63) is 59.7 Å². The van der Waals surface area contributed by atoms with E-state index in [1.165, 1.54) is 38.4 Å². The minimum Gasteiger partial charge on any atom is -0.322 e. The molecule has 3 rings (SSSR count). The average molecular weight is 402 g/mol. The van der Waals surface area contributed by atoms with Gasteiger partial charge in [0, 0.05) is 31.8 Å². The quantitative estimate of drug-likeness (QED) is 0.705. The number of nitrogens with zero attached hydrogens (tertiary/aromatic N) is 1. The maximum absolute atomic E-state index is 12.6. The number of anilines is 1. The number of sulfonamides is 1. The lowest BCUT2D eigenvalue weighted by molar-refractivity contribution is -0.124. The molecule has 0 saturated carbocycles. The van der Waals surface area contributed by atoms with Crippen LogP contribution in [0.25, 0.3) is 0 Å². The summed E-state index contributed by atoms with van der Waals surface area (Å²) in [7, 11) is -0.639. The summed E-state index contributed by atoms with van der Waals surface area (Å²) in [6.45, 7) is 0. The fourth-order valence-corrected chi connectivity index (χ4v) is 3.81. The molecule has 0 aliphatic carbocycles. The average Bonchev–Trinajstić information content (AvgIpc) is 2.69. The van der Waals surface area contributed by atoms with Crippen molar-refractivity contribution in [1.29, 1.82) is 0 Å². The van der Waals surface area contributed by atoms with Gasteiger partial charge in [-0.25, -0.2) is 18.1 Å². The third-order valence-corrected chi connectivity index (χ3v) is 6.35. The lowest BCUT2D eigenvalue weighted by atomic mass is 9.99. The van der Waals surface area contributed by atoms with Crippen molar-refractivity contribution in [2.75, 3.05) is 19.4 Å². The molecule has 0 bridgehead atoms. The number of carbonyl (C=O) groups excluding carboxylic acids is 2. The van der Waals surface area contributed by atoms with Gasteiger partial charge in [-0.2, -0.15) is 0 Å². The molecule has 1 aliphatic rings. The van der Waals surface area contributed by atoms with Gasteiger partial charge >= 0.3 is 0 Å². The standard InChI is InChI=1S/C19H22N4O4S/c1-23(2)28(26,27)14-9-7-13(8-10-14)19(25)20-16-6-4-3-5-15(16)17-11-12-18(24)22-21-17/h3-10,17,21H,11-12H2,1-2H3,(H,20,25)(H,22,24). The van der Waals surface area contributed by atoms with Crippen molar-refractivity contribution in [2.45, 2.75) is 23.8 Å². The molecule has 2 aromatic rings. The third kappa shape index (κ3) is 4.22. The monoisotopic (exact) mass is 402 g/mol. The Balaban J connectivity index is 1.78. The molecule has 8 nitrogen and oxygen atoms in total. The van der Waals surface area contributed by atoms with E-state index in [1.54, 1.807) is 6.07 Å². The second-order valence-electron chi connectivity index (χ2n) is 6.64. The Hall–Kier alpha value is -2.75. The highest BCUT2D eigenvalue weighted by molar-refractivity contribution is 7.89. The predicted molar refractivity (Wildman–Crippen MR) is 105 cm³/mol. The van der Waals surface area contributed by atoms with Crippen LogP contribution < -0.4 is 16.2 Å². The topological polar surface area (TPSA) is 108 Å². The van der Waals surface area contributed by atoms with Crippen LogP contribution in [0.1, 0.15) is 34.8 Å². The number of hydrogen-bond donors (Lipinski definition) is 3. The van der Waals surface area contributed by atoms with Gasteiger partial charge in [0.2, 0.25) is 15.9 Å². The van der Waals surface area contributed by atoms with Gasteiger partial charge < -0.3 is 5.32 Å². The van der Waals surface area contributed by atoms with Crippen LogP contribution in [-0.2, 0) is 14.8 Å². The Morgan fingerprint density at radius 3 is 2.39 bits per heavy atom. The second kappa shape index (κ2) is 8.09. The summed E-state index contributed by atoms with van der Waals surface area (Å²) >= 11 is 0. The Bertz CT molecular complexity index is 977. The zero-order valence-corrected chi connectivity index (χ0v) is 16.4. The highest BCUT2D eigenvalue weighted by atomic mass is 32.2. The molecule has 3 N–H and O–H groups in total. The normalized spacial score (nSPS) is 17.2. The molecule has 0 spiro atoms. The predicted octanol–water partition coefficient (Wildman–Crippen LogP) is 1.64. The third-order valence-electron chi connectivity index (χ3n) is 4.53. The Labute approximate surface area is 164 Å². The summed E-state index contributed by atoms with van der Waals surface area (Å²) in [6, 6.07) is 13.0. The van der Waals surface area contributed by atoms with Crippen molar-refractivity contribution in [2.24, 2.45) is 0 Å². The van der Waals surface area contributed by atoms with Gasteiger partial charge in [-0.1, -0.05) is 18.2 Å². The molecule has 2 aromatic carbocycles. The van der Waals surface area contributed by atoms with E-state index in [2.05, 4.69) is 16.2 Å². The van der Waals surface area contributed by atoms with E-state index in [-0.39, 0.29) is 22.8 Å². The number of benzene rings is 2. The Kier molecular flexibility index (Phi) is 5.78. The number of carbonyl (C=O) groups is 2. The van der Waals surface area contributed by atoms with Crippen LogP contribution in [0.2, 0.25) is 0 Å². The summed E-state index contributed by atoms with van der Waals surface area (Å²) in [5.41, 5.74) is 7.40. The van der Waals surface area contributed by atoms with E-state index in [9.17, 15) is 18.0 Å². The summed E-state index contributed by atoms with van der Waals surface area (Å²) in [6.07, 6.45) is 1.03. The first-order chi connectivity index (χ1) is 13.3. The lowest BCUT2D eigenvalue weighted by Gasteiger charge is -2.26. The van der Waals surface area contributed by atoms with Crippen molar-refractivity contribution in [3.63, 3.8) is 0 Å². The molecule has 2 amide bonds. The van der Waals surface area contributed by atoms with Crippen molar-refractivity contribution in [1.82, 2.24) is 15.2 Å². The van der Waals surface area contributed by atoms with Gasteiger partial charge in [-0.3, -0.25) is 15.0 Å². The number of hydrazine groups is 1. The van der Waals surface area contributed by atoms with Crippen LogP contribution in [0.15, 0.2) is 53.4 Å². The molecule has 1 saturated heterocycles. The van der Waals surface area contributed by atoms with E-state index in [4.69, 9.17) is 0 Å². The molecule has 0 radical (unpaired) electrons. The molecular weight excluding hydrogens is 380 g/mol. The molecule has 1 aliphatic heterocycles. The van der Waals surface area contributed by atoms with E-state index < -0.39 is 10.0 Å². The minimum absolute atomic E-state index is 0.0643. The van der Waals surface area contributed by atoms with E-state index >= 15 is 0 Å². The van der Waals surface area contributed by atoms with Crippen LogP contribution >= 0.6 is 0 Å². The van der Waals surface area contributed by atoms with Gasteiger partial charge in [-0.15, -0.1) is 0 Å². The van der Waals surface area contributed by atoms with Gasteiger partial charge in [0.25, 0.3) is 5.91 Å². The minimum atomic E-state index is -3.55. The highest BCUT2D eigenvalue weighted by Gasteiger charge is 2.22. The number of para-hydroxylation sites is 1. The van der Waals surface area contributed by atoms with E-state index in [0.29, 0.717) is 24.1 Å². The highest BCUT2D eigenvalue weighted by Crippen LogP contribution is 2.27. The van der Waals surface area contributed by atoms with Gasteiger partial charge in [0.15, 0.2) is 0 Å². The molecule has 1 atom stereocenters. The fourth-order valence-electron chi connectivity index (χ4n) is 2.91. The summed E-state index contributed by atoms with van der Waals surface area (Å²) in [5.74, 6) is -0.411. The maximum atomic E-state index is 12.6. The summed E-state index contributed by atoms with van der Waals surface area (Å²) < 4.78 is 25.4. The first-order valence-corrected chi connectivity index (χ1v) is 10.2. The summed E-state index contributed by atoms with van der Waals surface area (Å²) in [4.78, 5) is 24.1. The molecule has 28 heavy (non-hydrogen) atoms. The molecule has 9 heteroatoms. The van der Waals surface area contributed by atoms with Crippen molar-refractivity contribution >= 4 is 27.5 Å². The number of amides is 2. The molecule has 1 unspecified atom stereocenters. The maximum Gasteiger partial charge on any atom is 0.255 e. The largest absolute Gasteiger partial charge is 0.322 e. The Morgan fingerprint density at radius 1 is 1.11 bits per heavy atom. The van der Waals surface area contributed by atoms with Crippen LogP contribution in [0.4, 0.5) is 5.69 Å². The summed E-state index contributed by atoms with van der Waals surface area (Å²) in [5, 5.41) is 2.86. The fraction of sp³-hybridized carbons (Fsp3) is 0.263. The molecule has 1 fully saturated rings. The van der Waals surface area contributed by atoms with Crippen LogP contribution in [-0.4, -0.2) is 38.6 Å². The van der Waals surface area contributed by atoms with Crippen molar-refractivity contribution < 1.29 is 18.0 Å². The number of rotatable bonds is 5. The van der Waals surface area contributed by atoms with Gasteiger partial charge in [-0.05, 0) is 42.3 Å². The van der Waals surface area contributed by atoms with Crippen LogP contribution in [0.5, 0.6) is 0 Å². The Morgan fingerprint density at radius 2 is 1.79 bits per heavy atom. The van der Waals surface area contributed by atoms with Crippen molar-refractivity contribution in [3.8, 4) is 0 Å². The van der Waals surface area contributed by atoms with Gasteiger partial charge in [0.05, 0.1) is 10.9 Å². The van der Waals surface area contributed by atoms with E-state index in [0.717, 1.165) is 9.87 Å². The molecule has 0 aromatic heterocycles. The number of hydrogen-bond acceptors (Lipinski definition) is 5. The smallest absolute Gasteiger partial charge is 0.255 e. The first-order valence-electron chi connectivity index (χ1n) is 8.76. The van der Waals surface area contributed by atoms with Crippen LogP contribution in [0.3, 0.4) is 0 Å².